The van der Waals surface area contributed by atoms with Gasteiger partial charge in [0.15, 0.2) is 21.9 Å². The number of hydrogen-bond donors (Lipinski definition) is 2. The van der Waals surface area contributed by atoms with Crippen LogP contribution in [0, 0.1) is 0 Å². The zero-order chi connectivity index (χ0) is 24.1. The first-order chi connectivity index (χ1) is 15.7. The van der Waals surface area contributed by atoms with Crippen molar-refractivity contribution in [1.29, 1.82) is 0 Å². The zero-order valence-corrected chi connectivity index (χ0v) is 19.9. The molecule has 0 aromatic heterocycles. The maximum absolute atomic E-state index is 12.8. The molecule has 2 aromatic rings. The van der Waals surface area contributed by atoms with E-state index >= 15 is 0 Å². The van der Waals surface area contributed by atoms with E-state index in [1.165, 1.54) is 13.0 Å². The molecule has 0 bridgehead atoms. The monoisotopic (exact) mass is 506 g/mol. The maximum Gasteiger partial charge on any atom is 0.344 e. The molecule has 1 fully saturated rings. The number of hydrogen-bond acceptors (Lipinski definition) is 7. The summed E-state index contributed by atoms with van der Waals surface area (Å²) >= 11 is 12.2. The Kier molecular flexibility index (Phi) is 7.96. The van der Waals surface area contributed by atoms with Crippen molar-refractivity contribution in [3.8, 4) is 11.5 Å². The van der Waals surface area contributed by atoms with Crippen molar-refractivity contribution >= 4 is 63.8 Å². The van der Waals surface area contributed by atoms with Gasteiger partial charge in [0, 0.05) is 10.6 Å². The number of hydrazine groups is 1. The Hall–Kier alpha value is -3.08. The highest BCUT2D eigenvalue weighted by atomic mass is 35.5. The predicted octanol–water partition coefficient (Wildman–Crippen LogP) is 4.14. The number of carbonyl (C=O) groups is 3. The van der Waals surface area contributed by atoms with Gasteiger partial charge in [-0.05, 0) is 68.0 Å². The van der Waals surface area contributed by atoms with Crippen molar-refractivity contribution in [3.05, 3.63) is 63.5 Å². The Bertz CT molecular complexity index is 1150. The largest absolute Gasteiger partial charge is 0.490 e. The van der Waals surface area contributed by atoms with Gasteiger partial charge in [-0.25, -0.2) is 4.79 Å². The third-order valence-electron chi connectivity index (χ3n) is 4.31. The van der Waals surface area contributed by atoms with Crippen LogP contribution in [0.4, 0.5) is 0 Å². The smallest absolute Gasteiger partial charge is 0.344 e. The number of benzene rings is 2. The lowest BCUT2D eigenvalue weighted by Gasteiger charge is -2.16. The van der Waals surface area contributed by atoms with E-state index in [-0.39, 0.29) is 15.6 Å². The van der Waals surface area contributed by atoms with Gasteiger partial charge in [0.05, 0.1) is 11.5 Å². The van der Waals surface area contributed by atoms with Crippen molar-refractivity contribution < 1.29 is 29.0 Å². The average Bonchev–Trinajstić information content (AvgIpc) is 3.02. The number of amides is 2. The van der Waals surface area contributed by atoms with Crippen LogP contribution in [0.2, 0.25) is 5.02 Å². The number of carbonyl (C=O) groups excluding carboxylic acids is 2. The van der Waals surface area contributed by atoms with Gasteiger partial charge in [-0.1, -0.05) is 35.5 Å². The number of carboxylic acid groups (broad SMARTS) is 1. The first-order valence-corrected chi connectivity index (χ1v) is 11.3. The molecule has 3 rings (SSSR count). The summed E-state index contributed by atoms with van der Waals surface area (Å²) in [6.45, 7) is 3.53. The summed E-state index contributed by atoms with van der Waals surface area (Å²) in [6, 6.07) is 11.2. The molecule has 1 atom stereocenters. The van der Waals surface area contributed by atoms with Gasteiger partial charge in [-0.3, -0.25) is 15.0 Å². The third-order valence-corrected chi connectivity index (χ3v) is 5.85. The molecule has 1 saturated heterocycles. The molecule has 172 valence electrons. The molecule has 2 aromatic carbocycles. The number of carboxylic acids is 1. The molecule has 1 unspecified atom stereocenters. The van der Waals surface area contributed by atoms with Crippen LogP contribution in [-0.4, -0.2) is 44.9 Å². The van der Waals surface area contributed by atoms with E-state index in [2.05, 4.69) is 5.43 Å². The highest BCUT2D eigenvalue weighted by Gasteiger charge is 2.34. The molecular weight excluding hydrogens is 488 g/mol. The lowest BCUT2D eigenvalue weighted by Crippen LogP contribution is -2.44. The molecule has 0 spiro atoms. The van der Waals surface area contributed by atoms with Crippen LogP contribution in [0.1, 0.15) is 29.8 Å². The fraction of sp³-hybridized carbons (Fsp3) is 0.182. The van der Waals surface area contributed by atoms with E-state index in [9.17, 15) is 14.4 Å². The summed E-state index contributed by atoms with van der Waals surface area (Å²) in [6.07, 6.45) is 0.534. The van der Waals surface area contributed by atoms with Gasteiger partial charge in [0.2, 0.25) is 0 Å². The highest BCUT2D eigenvalue weighted by molar-refractivity contribution is 8.26. The van der Waals surface area contributed by atoms with E-state index in [4.69, 9.17) is 38.4 Å². The second kappa shape index (κ2) is 10.7. The van der Waals surface area contributed by atoms with Crippen LogP contribution in [0.25, 0.3) is 6.08 Å². The lowest BCUT2D eigenvalue weighted by atomic mass is 10.2. The number of aliphatic carboxylic acids is 1. The standard InChI is InChI=1S/C22H19ClN2O6S2/c1-3-30-17-9-13(7-8-16(17)31-12(2)21(28)29)10-18-20(27)25(22(32)33-18)24-19(26)14-5-4-6-15(23)11-14/h4-12H,3H2,1-2H3,(H,24,26)(H,28,29)/b18-10+. The van der Waals surface area contributed by atoms with Crippen molar-refractivity contribution in [2.24, 2.45) is 0 Å². The molecule has 33 heavy (non-hydrogen) atoms. The van der Waals surface area contributed by atoms with E-state index < -0.39 is 23.9 Å². The van der Waals surface area contributed by atoms with Crippen LogP contribution >= 0.6 is 35.6 Å². The van der Waals surface area contributed by atoms with Gasteiger partial charge in [0.25, 0.3) is 11.8 Å². The highest BCUT2D eigenvalue weighted by Crippen LogP contribution is 2.34. The summed E-state index contributed by atoms with van der Waals surface area (Å²) in [5, 5.41) is 10.5. The number of rotatable bonds is 8. The number of thioether (sulfide) groups is 1. The summed E-state index contributed by atoms with van der Waals surface area (Å²) in [7, 11) is 0. The van der Waals surface area contributed by atoms with Crippen LogP contribution in [-0.2, 0) is 9.59 Å². The van der Waals surface area contributed by atoms with Gasteiger partial charge in [0.1, 0.15) is 0 Å². The summed E-state index contributed by atoms with van der Waals surface area (Å²) < 4.78 is 11.2. The Labute approximate surface area is 204 Å². The van der Waals surface area contributed by atoms with Crippen LogP contribution in [0.5, 0.6) is 11.5 Å². The second-order valence-electron chi connectivity index (χ2n) is 6.71. The lowest BCUT2D eigenvalue weighted by molar-refractivity contribution is -0.144. The predicted molar refractivity (Wildman–Crippen MR) is 129 cm³/mol. The summed E-state index contributed by atoms with van der Waals surface area (Å²) in [4.78, 5) is 36.7. The SMILES string of the molecule is CCOc1cc(/C=C2/SC(=S)N(NC(=O)c3cccc(Cl)c3)C2=O)ccc1OC(C)C(=O)O. The van der Waals surface area contributed by atoms with E-state index in [0.717, 1.165) is 16.8 Å². The van der Waals surface area contributed by atoms with E-state index in [0.29, 0.717) is 27.8 Å². The molecule has 0 saturated carbocycles. The fourth-order valence-corrected chi connectivity index (χ4v) is 4.10. The fourth-order valence-electron chi connectivity index (χ4n) is 2.73. The zero-order valence-electron chi connectivity index (χ0n) is 17.5. The molecular formula is C22H19ClN2O6S2. The maximum atomic E-state index is 12.8. The molecule has 2 amide bonds. The van der Waals surface area contributed by atoms with Crippen LogP contribution < -0.4 is 14.9 Å². The molecule has 2 N–H and O–H groups in total. The van der Waals surface area contributed by atoms with Gasteiger partial charge in [-0.15, -0.1) is 0 Å². The summed E-state index contributed by atoms with van der Waals surface area (Å²) in [5.74, 6) is -1.51. The number of thiocarbonyl (C=S) groups is 1. The molecule has 0 aliphatic carbocycles. The second-order valence-corrected chi connectivity index (χ2v) is 8.82. The number of nitrogens with zero attached hydrogens (tertiary/aromatic N) is 1. The third kappa shape index (κ3) is 6.04. The minimum atomic E-state index is -1.11. The first-order valence-electron chi connectivity index (χ1n) is 9.70. The van der Waals surface area contributed by atoms with Gasteiger partial charge in [-0.2, -0.15) is 5.01 Å². The van der Waals surface area contributed by atoms with Crippen molar-refractivity contribution in [2.45, 2.75) is 20.0 Å². The Morgan fingerprint density at radius 3 is 2.70 bits per heavy atom. The Morgan fingerprint density at radius 1 is 1.27 bits per heavy atom. The number of halogens is 1. The molecule has 1 aliphatic heterocycles. The molecule has 8 nitrogen and oxygen atoms in total. The quantitative estimate of drug-likeness (QED) is 0.406. The van der Waals surface area contributed by atoms with Gasteiger partial charge < -0.3 is 14.6 Å². The molecule has 0 radical (unpaired) electrons. The Balaban J connectivity index is 1.79. The first kappa shape index (κ1) is 24.6. The number of nitrogens with one attached hydrogen (secondary N) is 1. The average molecular weight is 507 g/mol. The van der Waals surface area contributed by atoms with Gasteiger partial charge >= 0.3 is 5.97 Å². The molecule has 11 heteroatoms. The normalized spacial score (nSPS) is 15.5. The Morgan fingerprint density at radius 2 is 2.03 bits per heavy atom. The summed E-state index contributed by atoms with van der Waals surface area (Å²) in [5.41, 5.74) is 3.39. The topological polar surface area (TPSA) is 105 Å². The van der Waals surface area contributed by atoms with E-state index in [1.54, 1.807) is 49.4 Å². The minimum absolute atomic E-state index is 0.168. The minimum Gasteiger partial charge on any atom is -0.490 e. The van der Waals surface area contributed by atoms with Crippen molar-refractivity contribution in [1.82, 2.24) is 10.4 Å². The van der Waals surface area contributed by atoms with Crippen LogP contribution in [0.3, 0.4) is 0 Å². The number of ether oxygens (including phenoxy) is 2. The molecule has 1 aliphatic rings. The molecule has 1 heterocycles. The van der Waals surface area contributed by atoms with E-state index in [1.807, 2.05) is 0 Å². The van der Waals surface area contributed by atoms with Crippen molar-refractivity contribution in [3.63, 3.8) is 0 Å². The van der Waals surface area contributed by atoms with Crippen LogP contribution in [0.15, 0.2) is 47.4 Å². The van der Waals surface area contributed by atoms with Crippen molar-refractivity contribution in [2.75, 3.05) is 6.61 Å².